The van der Waals surface area contributed by atoms with Crippen LogP contribution < -0.4 is 10.7 Å². The monoisotopic (exact) mass is 437 g/mol. The molecule has 1 saturated heterocycles. The number of anilines is 1. The molecule has 0 atom stereocenters. The summed E-state index contributed by atoms with van der Waals surface area (Å²) in [7, 11) is 0. The third kappa shape index (κ3) is 3.53. The van der Waals surface area contributed by atoms with Gasteiger partial charge in [0.15, 0.2) is 5.71 Å². The number of piperidine rings is 1. The zero-order valence-corrected chi connectivity index (χ0v) is 16.8. The fraction of sp³-hybridized carbons (Fsp3) is 0.368. The number of allylic oxidation sites excluding steroid dienone is 1. The first-order valence-electron chi connectivity index (χ1n) is 9.28. The number of hydrogen-bond donors (Lipinski definition) is 1. The lowest BCUT2D eigenvalue weighted by Gasteiger charge is -2.33. The number of thiazole rings is 1. The first-order chi connectivity index (χ1) is 14.2. The molecule has 0 saturated carbocycles. The number of fused-ring (bicyclic) bond motifs is 1. The summed E-state index contributed by atoms with van der Waals surface area (Å²) in [4.78, 5) is 30.3. The number of hydrogen-bond acceptors (Lipinski definition) is 6. The van der Waals surface area contributed by atoms with Crippen LogP contribution in [0.1, 0.15) is 19.8 Å². The summed E-state index contributed by atoms with van der Waals surface area (Å²) < 4.78 is 41.9. The largest absolute Gasteiger partial charge is 0.436 e. The Hall–Kier alpha value is -2.95. The Morgan fingerprint density at radius 1 is 1.23 bits per heavy atom. The van der Waals surface area contributed by atoms with Crippen molar-refractivity contribution in [2.75, 3.05) is 18.1 Å². The van der Waals surface area contributed by atoms with E-state index >= 15 is 0 Å². The molecule has 0 spiro atoms. The van der Waals surface area contributed by atoms with Gasteiger partial charge in [0.25, 0.3) is 5.91 Å². The van der Waals surface area contributed by atoms with Gasteiger partial charge in [-0.3, -0.25) is 9.59 Å². The van der Waals surface area contributed by atoms with E-state index in [0.717, 1.165) is 21.0 Å². The molecule has 1 aromatic heterocycles. The number of amides is 2. The number of rotatable bonds is 3. The average molecular weight is 437 g/mol. The summed E-state index contributed by atoms with van der Waals surface area (Å²) in [6.07, 6.45) is -3.95. The third-order valence-corrected chi connectivity index (χ3v) is 6.32. The molecule has 1 fully saturated rings. The Morgan fingerprint density at radius 3 is 2.50 bits per heavy atom. The van der Waals surface area contributed by atoms with Gasteiger partial charge in [0, 0.05) is 24.7 Å². The van der Waals surface area contributed by atoms with Gasteiger partial charge < -0.3 is 10.6 Å². The molecular formula is C19H18F3N5O2S. The van der Waals surface area contributed by atoms with Crippen molar-refractivity contribution in [2.24, 2.45) is 16.8 Å². The van der Waals surface area contributed by atoms with E-state index in [1.54, 1.807) is 29.2 Å². The van der Waals surface area contributed by atoms with Crippen LogP contribution in [0.4, 0.5) is 18.3 Å². The molecule has 3 heterocycles. The van der Waals surface area contributed by atoms with Gasteiger partial charge >= 0.3 is 6.18 Å². The summed E-state index contributed by atoms with van der Waals surface area (Å²) in [6, 6.07) is 7.03. The lowest BCUT2D eigenvalue weighted by molar-refractivity contribution is -0.123. The highest BCUT2D eigenvalue weighted by atomic mass is 32.1. The van der Waals surface area contributed by atoms with Crippen molar-refractivity contribution in [2.45, 2.75) is 25.9 Å². The predicted molar refractivity (Wildman–Crippen MR) is 107 cm³/mol. The normalized spacial score (nSPS) is 20.1. The van der Waals surface area contributed by atoms with E-state index in [9.17, 15) is 22.8 Å². The summed E-state index contributed by atoms with van der Waals surface area (Å²) in [5.41, 5.74) is 4.36. The van der Waals surface area contributed by atoms with Gasteiger partial charge in [-0.25, -0.2) is 4.98 Å². The fourth-order valence-electron chi connectivity index (χ4n) is 3.66. The molecule has 0 unspecified atom stereocenters. The van der Waals surface area contributed by atoms with Crippen molar-refractivity contribution in [3.63, 3.8) is 0 Å². The molecule has 2 N–H and O–H groups in total. The molecule has 0 radical (unpaired) electrons. The molecule has 11 heteroatoms. The molecule has 2 aliphatic heterocycles. The number of carbonyl (C=O) groups excluding carboxylic acids is 2. The number of benzene rings is 1. The summed E-state index contributed by atoms with van der Waals surface area (Å²) >= 11 is 1.10. The standard InChI is InChI=1S/C19H18F3N5O2S/c1-10(26-8-6-11(7-9-26)16(23)28)14-15(19(20,21)22)25-27(17(14)29)18-24-12-4-2-3-5-13(12)30-18/h2-5,11H,6-9H2,1H3,(H2,23,28). The van der Waals surface area contributed by atoms with E-state index < -0.39 is 29.3 Å². The Bertz CT molecular complexity index is 1050. The number of carbonyl (C=O) groups is 2. The van der Waals surface area contributed by atoms with E-state index in [4.69, 9.17) is 5.73 Å². The lowest BCUT2D eigenvalue weighted by atomic mass is 9.95. The van der Waals surface area contributed by atoms with Crippen LogP contribution in [-0.2, 0) is 9.59 Å². The van der Waals surface area contributed by atoms with Crippen LogP contribution in [0.3, 0.4) is 0 Å². The van der Waals surface area contributed by atoms with Crippen LogP contribution >= 0.6 is 11.3 Å². The third-order valence-electron chi connectivity index (χ3n) is 5.31. The minimum Gasteiger partial charge on any atom is -0.374 e. The Morgan fingerprint density at radius 2 is 1.90 bits per heavy atom. The number of likely N-dealkylation sites (tertiary alicyclic amines) is 1. The average Bonchev–Trinajstić information content (AvgIpc) is 3.28. The van der Waals surface area contributed by atoms with Crippen LogP contribution in [0.25, 0.3) is 10.2 Å². The minimum atomic E-state index is -4.80. The number of hydrazone groups is 1. The number of aromatic nitrogens is 1. The molecule has 158 valence electrons. The molecule has 0 aliphatic carbocycles. The number of para-hydroxylation sites is 1. The molecule has 2 aliphatic rings. The van der Waals surface area contributed by atoms with Crippen molar-refractivity contribution < 1.29 is 22.8 Å². The van der Waals surface area contributed by atoms with E-state index in [1.807, 2.05) is 0 Å². The van der Waals surface area contributed by atoms with Crippen LogP contribution in [0.5, 0.6) is 0 Å². The van der Waals surface area contributed by atoms with Crippen LogP contribution in [0.15, 0.2) is 40.6 Å². The molecule has 2 aromatic rings. The molecule has 7 nitrogen and oxygen atoms in total. The van der Waals surface area contributed by atoms with Crippen molar-refractivity contribution in [3.8, 4) is 0 Å². The number of alkyl halides is 3. The second-order valence-electron chi connectivity index (χ2n) is 7.15. The molecule has 1 aromatic carbocycles. The first-order valence-corrected chi connectivity index (χ1v) is 10.1. The lowest BCUT2D eigenvalue weighted by Crippen LogP contribution is -2.39. The molecule has 4 rings (SSSR count). The van der Waals surface area contributed by atoms with Gasteiger partial charge in [-0.1, -0.05) is 23.5 Å². The molecule has 30 heavy (non-hydrogen) atoms. The second-order valence-corrected chi connectivity index (χ2v) is 8.16. The molecule has 0 bridgehead atoms. The highest BCUT2D eigenvalue weighted by Gasteiger charge is 2.49. The number of halogens is 3. The van der Waals surface area contributed by atoms with Crippen molar-refractivity contribution in [3.05, 3.63) is 35.5 Å². The smallest absolute Gasteiger partial charge is 0.374 e. The summed E-state index contributed by atoms with van der Waals surface area (Å²) in [5.74, 6) is -1.60. The summed E-state index contributed by atoms with van der Waals surface area (Å²) in [6.45, 7) is 2.14. The highest BCUT2D eigenvalue weighted by molar-refractivity contribution is 7.22. The molecular weight excluding hydrogens is 419 g/mol. The van der Waals surface area contributed by atoms with Crippen molar-refractivity contribution in [1.82, 2.24) is 9.88 Å². The Kier molecular flexibility index (Phi) is 5.00. The maximum atomic E-state index is 13.7. The van der Waals surface area contributed by atoms with Gasteiger partial charge in [0.2, 0.25) is 11.0 Å². The van der Waals surface area contributed by atoms with Crippen LogP contribution in [0, 0.1) is 5.92 Å². The van der Waals surface area contributed by atoms with Gasteiger partial charge in [-0.2, -0.15) is 23.3 Å². The quantitative estimate of drug-likeness (QED) is 0.748. The maximum Gasteiger partial charge on any atom is 0.436 e. The predicted octanol–water partition coefficient (Wildman–Crippen LogP) is 3.03. The van der Waals surface area contributed by atoms with Gasteiger partial charge in [-0.05, 0) is 31.9 Å². The fourth-order valence-corrected chi connectivity index (χ4v) is 4.58. The van der Waals surface area contributed by atoms with Crippen LogP contribution in [-0.4, -0.2) is 46.7 Å². The van der Waals surface area contributed by atoms with Crippen molar-refractivity contribution in [1.29, 1.82) is 0 Å². The number of nitrogens with two attached hydrogens (primary N) is 1. The molecule has 2 amide bonds. The zero-order valence-electron chi connectivity index (χ0n) is 15.9. The second kappa shape index (κ2) is 7.38. The van der Waals surface area contributed by atoms with E-state index in [2.05, 4.69) is 10.1 Å². The SMILES string of the molecule is CC(=C1C(=O)N(c2nc3ccccc3s2)N=C1C(F)(F)F)N1CCC(C(N)=O)CC1. The van der Waals surface area contributed by atoms with Crippen LogP contribution in [0.2, 0.25) is 0 Å². The number of primary amides is 1. The van der Waals surface area contributed by atoms with E-state index in [0.29, 0.717) is 31.4 Å². The number of nitrogens with zero attached hydrogens (tertiary/aromatic N) is 4. The van der Waals surface area contributed by atoms with Gasteiger partial charge in [-0.15, -0.1) is 0 Å². The van der Waals surface area contributed by atoms with E-state index in [-0.39, 0.29) is 16.7 Å². The minimum absolute atomic E-state index is 0.0817. The Labute approximate surface area is 173 Å². The maximum absolute atomic E-state index is 13.7. The van der Waals surface area contributed by atoms with Gasteiger partial charge in [0.05, 0.1) is 15.8 Å². The first kappa shape index (κ1) is 20.3. The topological polar surface area (TPSA) is 91.9 Å². The highest BCUT2D eigenvalue weighted by Crippen LogP contribution is 2.37. The summed E-state index contributed by atoms with van der Waals surface area (Å²) in [5, 5.41) is 4.42. The van der Waals surface area contributed by atoms with Crippen molar-refractivity contribution >= 4 is 44.2 Å². The Balaban J connectivity index is 1.70. The van der Waals surface area contributed by atoms with Gasteiger partial charge in [0.1, 0.15) is 0 Å². The van der Waals surface area contributed by atoms with E-state index in [1.165, 1.54) is 6.92 Å². The zero-order chi connectivity index (χ0) is 21.6.